The molecule has 2 rings (SSSR count). The first-order valence-corrected chi connectivity index (χ1v) is 8.63. The molecule has 6 heteroatoms. The predicted molar refractivity (Wildman–Crippen MR) is 92.7 cm³/mol. The largest absolute Gasteiger partial charge is 0.484 e. The van der Waals surface area contributed by atoms with E-state index in [9.17, 15) is 9.59 Å². The van der Waals surface area contributed by atoms with Crippen LogP contribution in [-0.4, -0.2) is 37.0 Å². The summed E-state index contributed by atoms with van der Waals surface area (Å²) in [7, 11) is 0. The molecular weight excluding hydrogens is 306 g/mol. The first kappa shape index (κ1) is 18.3. The zero-order valence-electron chi connectivity index (χ0n) is 14.2. The quantitative estimate of drug-likeness (QED) is 0.598. The van der Waals surface area contributed by atoms with E-state index in [1.165, 1.54) is 0 Å². The van der Waals surface area contributed by atoms with Crippen LogP contribution in [0.5, 0.6) is 5.75 Å². The molecule has 0 spiro atoms. The van der Waals surface area contributed by atoms with Gasteiger partial charge in [-0.05, 0) is 43.4 Å². The lowest BCUT2D eigenvalue weighted by Gasteiger charge is -2.11. The fourth-order valence-corrected chi connectivity index (χ4v) is 2.30. The van der Waals surface area contributed by atoms with Crippen LogP contribution in [0, 0.1) is 0 Å². The Kier molecular flexibility index (Phi) is 7.06. The van der Waals surface area contributed by atoms with E-state index in [0.29, 0.717) is 24.8 Å². The molecule has 0 radical (unpaired) electrons. The molecule has 1 fully saturated rings. The Balaban J connectivity index is 1.65. The molecule has 1 aliphatic rings. The number of ether oxygens (including phenoxy) is 1. The number of benzene rings is 1. The summed E-state index contributed by atoms with van der Waals surface area (Å²) in [4.78, 5) is 23.3. The normalized spacial score (nSPS) is 14.8. The van der Waals surface area contributed by atoms with Crippen molar-refractivity contribution in [2.75, 3.05) is 13.2 Å². The summed E-state index contributed by atoms with van der Waals surface area (Å²) in [6.45, 7) is 2.60. The summed E-state index contributed by atoms with van der Waals surface area (Å²) in [6.07, 6.45) is 4.47. The topological polar surface area (TPSA) is 93.5 Å². The number of nitrogens with two attached hydrogens (primary N) is 1. The molecule has 2 amide bonds. The highest BCUT2D eigenvalue weighted by Crippen LogP contribution is 2.18. The van der Waals surface area contributed by atoms with Gasteiger partial charge in [0.15, 0.2) is 6.61 Å². The van der Waals surface area contributed by atoms with Crippen molar-refractivity contribution < 1.29 is 14.3 Å². The van der Waals surface area contributed by atoms with E-state index in [-0.39, 0.29) is 18.4 Å². The average molecular weight is 333 g/mol. The second-order valence-corrected chi connectivity index (χ2v) is 6.21. The van der Waals surface area contributed by atoms with Gasteiger partial charge in [0.25, 0.3) is 5.91 Å². The van der Waals surface area contributed by atoms with Gasteiger partial charge < -0.3 is 21.1 Å². The minimum absolute atomic E-state index is 0.0429. The molecule has 0 bridgehead atoms. The Hall–Kier alpha value is -2.08. The molecule has 1 atom stereocenters. The van der Waals surface area contributed by atoms with Crippen LogP contribution < -0.4 is 21.1 Å². The Labute approximate surface area is 143 Å². The predicted octanol–water partition coefficient (Wildman–Crippen LogP) is 1.13. The highest BCUT2D eigenvalue weighted by atomic mass is 16.5. The Bertz CT molecular complexity index is 541. The van der Waals surface area contributed by atoms with Crippen molar-refractivity contribution >= 4 is 11.8 Å². The molecule has 4 N–H and O–H groups in total. The van der Waals surface area contributed by atoms with Gasteiger partial charge in [-0.15, -0.1) is 0 Å². The summed E-state index contributed by atoms with van der Waals surface area (Å²) in [6, 6.07) is 7.48. The molecule has 132 valence electrons. The summed E-state index contributed by atoms with van der Waals surface area (Å²) in [5, 5.41) is 5.72. The first-order valence-electron chi connectivity index (χ1n) is 8.63. The Morgan fingerprint density at radius 2 is 2.00 bits per heavy atom. The highest BCUT2D eigenvalue weighted by Gasteiger charge is 2.23. The second kappa shape index (κ2) is 9.27. The molecule has 1 aromatic carbocycles. The number of carbonyl (C=O) groups excluding carboxylic acids is 2. The summed E-state index contributed by atoms with van der Waals surface area (Å²) < 4.78 is 5.45. The fourth-order valence-electron chi connectivity index (χ4n) is 2.30. The maximum absolute atomic E-state index is 11.7. The third kappa shape index (κ3) is 6.58. The summed E-state index contributed by atoms with van der Waals surface area (Å²) >= 11 is 0. The molecule has 24 heavy (non-hydrogen) atoms. The van der Waals surface area contributed by atoms with Gasteiger partial charge in [-0.2, -0.15) is 0 Å². The van der Waals surface area contributed by atoms with Crippen molar-refractivity contribution in [3.05, 3.63) is 29.8 Å². The molecule has 6 nitrogen and oxygen atoms in total. The number of nitrogens with one attached hydrogen (secondary N) is 2. The maximum atomic E-state index is 11.7. The minimum atomic E-state index is -0.424. The van der Waals surface area contributed by atoms with Crippen LogP contribution in [0.2, 0.25) is 0 Å². The first-order chi connectivity index (χ1) is 11.6. The van der Waals surface area contributed by atoms with E-state index in [1.807, 2.05) is 31.2 Å². The number of carbonyl (C=O) groups is 2. The number of hydrogen-bond donors (Lipinski definition) is 3. The second-order valence-electron chi connectivity index (χ2n) is 6.21. The number of hydrogen-bond acceptors (Lipinski definition) is 4. The smallest absolute Gasteiger partial charge is 0.258 e. The van der Waals surface area contributed by atoms with E-state index >= 15 is 0 Å². The van der Waals surface area contributed by atoms with Gasteiger partial charge in [-0.25, -0.2) is 0 Å². The van der Waals surface area contributed by atoms with Crippen LogP contribution in [0.15, 0.2) is 24.3 Å². The van der Waals surface area contributed by atoms with Crippen LogP contribution in [0.1, 0.15) is 38.2 Å². The van der Waals surface area contributed by atoms with Crippen molar-refractivity contribution in [1.82, 2.24) is 10.6 Å². The maximum Gasteiger partial charge on any atom is 0.258 e. The SMILES string of the molecule is CCCC(N)C(=O)NCCc1ccc(OCC(=O)NC2CC2)cc1. The van der Waals surface area contributed by atoms with Gasteiger partial charge in [0, 0.05) is 12.6 Å². The molecule has 1 saturated carbocycles. The average Bonchev–Trinajstić information content (AvgIpc) is 3.38. The zero-order chi connectivity index (χ0) is 17.4. The number of rotatable bonds is 10. The fraction of sp³-hybridized carbons (Fsp3) is 0.556. The van der Waals surface area contributed by atoms with E-state index in [1.54, 1.807) is 0 Å². The van der Waals surface area contributed by atoms with Crippen molar-refractivity contribution in [2.24, 2.45) is 5.73 Å². The van der Waals surface area contributed by atoms with Crippen LogP contribution in [-0.2, 0) is 16.0 Å². The molecular formula is C18H27N3O3. The van der Waals surface area contributed by atoms with E-state index in [4.69, 9.17) is 10.5 Å². The van der Waals surface area contributed by atoms with Crippen LogP contribution in [0.3, 0.4) is 0 Å². The van der Waals surface area contributed by atoms with E-state index in [0.717, 1.165) is 31.2 Å². The monoisotopic (exact) mass is 333 g/mol. The standard InChI is InChI=1S/C18H27N3O3/c1-2-3-16(19)18(23)20-11-10-13-4-8-15(9-5-13)24-12-17(22)21-14-6-7-14/h4-5,8-9,14,16H,2-3,6-7,10-12,19H2,1H3,(H,20,23)(H,21,22). The van der Waals surface area contributed by atoms with Crippen LogP contribution in [0.4, 0.5) is 0 Å². The van der Waals surface area contributed by atoms with Gasteiger partial charge in [-0.3, -0.25) is 9.59 Å². The summed E-state index contributed by atoms with van der Waals surface area (Å²) in [5.41, 5.74) is 6.85. The third-order valence-corrected chi connectivity index (χ3v) is 3.89. The molecule has 0 saturated heterocycles. The third-order valence-electron chi connectivity index (χ3n) is 3.89. The van der Waals surface area contributed by atoms with Crippen LogP contribution in [0.25, 0.3) is 0 Å². The molecule has 1 aromatic rings. The zero-order valence-corrected chi connectivity index (χ0v) is 14.2. The molecule has 0 aliphatic heterocycles. The molecule has 0 aromatic heterocycles. The van der Waals surface area contributed by atoms with E-state index < -0.39 is 6.04 Å². The van der Waals surface area contributed by atoms with Gasteiger partial charge in [-0.1, -0.05) is 25.5 Å². The highest BCUT2D eigenvalue weighted by molar-refractivity contribution is 5.81. The van der Waals surface area contributed by atoms with Crippen molar-refractivity contribution in [2.45, 2.75) is 51.1 Å². The number of amides is 2. The van der Waals surface area contributed by atoms with Crippen molar-refractivity contribution in [3.63, 3.8) is 0 Å². The molecule has 0 heterocycles. The Morgan fingerprint density at radius 3 is 2.62 bits per heavy atom. The molecule has 1 aliphatic carbocycles. The van der Waals surface area contributed by atoms with E-state index in [2.05, 4.69) is 10.6 Å². The Morgan fingerprint density at radius 1 is 1.29 bits per heavy atom. The molecule has 1 unspecified atom stereocenters. The summed E-state index contributed by atoms with van der Waals surface area (Å²) in [5.74, 6) is 0.491. The minimum Gasteiger partial charge on any atom is -0.484 e. The lowest BCUT2D eigenvalue weighted by Crippen LogP contribution is -2.41. The van der Waals surface area contributed by atoms with Gasteiger partial charge >= 0.3 is 0 Å². The lowest BCUT2D eigenvalue weighted by molar-refractivity contribution is -0.123. The van der Waals surface area contributed by atoms with Gasteiger partial charge in [0.1, 0.15) is 5.75 Å². The van der Waals surface area contributed by atoms with Gasteiger partial charge in [0.05, 0.1) is 6.04 Å². The lowest BCUT2D eigenvalue weighted by atomic mass is 10.1. The van der Waals surface area contributed by atoms with Crippen LogP contribution >= 0.6 is 0 Å². The van der Waals surface area contributed by atoms with Crippen molar-refractivity contribution in [1.29, 1.82) is 0 Å². The van der Waals surface area contributed by atoms with Crippen molar-refractivity contribution in [3.8, 4) is 5.75 Å². The van der Waals surface area contributed by atoms with Gasteiger partial charge in [0.2, 0.25) is 5.91 Å².